The van der Waals surface area contributed by atoms with Crippen molar-refractivity contribution in [3.63, 3.8) is 0 Å². The second-order valence-electron chi connectivity index (χ2n) is 6.15. The molecule has 118 valence electrons. The fraction of sp³-hybridized carbons (Fsp3) is 0.588. The molecule has 1 fully saturated rings. The van der Waals surface area contributed by atoms with Gasteiger partial charge < -0.3 is 9.64 Å². The molecule has 0 aliphatic carbocycles. The number of hydrogen-bond acceptors (Lipinski definition) is 5. The summed E-state index contributed by atoms with van der Waals surface area (Å²) in [5.74, 6) is 1.61. The summed E-state index contributed by atoms with van der Waals surface area (Å²) < 4.78 is 5.71. The summed E-state index contributed by atoms with van der Waals surface area (Å²) in [5, 5.41) is 1.09. The summed E-state index contributed by atoms with van der Waals surface area (Å²) in [7, 11) is 0. The Morgan fingerprint density at radius 3 is 3.00 bits per heavy atom. The second kappa shape index (κ2) is 6.57. The van der Waals surface area contributed by atoms with Crippen LogP contribution in [-0.4, -0.2) is 41.3 Å². The maximum absolute atomic E-state index is 5.71. The molecule has 1 atom stereocenters. The van der Waals surface area contributed by atoms with Crippen molar-refractivity contribution < 1.29 is 4.74 Å². The molecule has 1 saturated heterocycles. The van der Waals surface area contributed by atoms with Crippen LogP contribution in [0.1, 0.15) is 31.0 Å². The molecule has 1 aliphatic heterocycles. The first-order valence-corrected chi connectivity index (χ1v) is 8.10. The van der Waals surface area contributed by atoms with Gasteiger partial charge in [0.2, 0.25) is 0 Å². The number of pyridine rings is 1. The van der Waals surface area contributed by atoms with Gasteiger partial charge in [0.05, 0.1) is 12.0 Å². The van der Waals surface area contributed by atoms with Gasteiger partial charge >= 0.3 is 0 Å². The van der Waals surface area contributed by atoms with Crippen LogP contribution in [0.3, 0.4) is 0 Å². The average molecular weight is 300 g/mol. The van der Waals surface area contributed by atoms with E-state index in [0.717, 1.165) is 61.7 Å². The van der Waals surface area contributed by atoms with Crippen LogP contribution in [-0.2, 0) is 4.74 Å². The number of anilines is 1. The molecule has 0 radical (unpaired) electrons. The summed E-state index contributed by atoms with van der Waals surface area (Å²) in [5.41, 5.74) is 3.00. The minimum Gasteiger partial charge on any atom is -0.381 e. The lowest BCUT2D eigenvalue weighted by Gasteiger charge is -2.20. The van der Waals surface area contributed by atoms with Crippen LogP contribution in [0.25, 0.3) is 11.0 Å². The van der Waals surface area contributed by atoms with Gasteiger partial charge in [0.25, 0.3) is 0 Å². The van der Waals surface area contributed by atoms with E-state index in [0.29, 0.717) is 5.92 Å². The van der Waals surface area contributed by atoms with E-state index in [1.54, 1.807) is 6.33 Å². The lowest BCUT2D eigenvalue weighted by molar-refractivity contribution is 0.106. The first-order valence-electron chi connectivity index (χ1n) is 8.10. The Kier molecular flexibility index (Phi) is 4.52. The zero-order valence-corrected chi connectivity index (χ0v) is 13.7. The SMILES string of the molecule is CCCOC[C@H]1CCN(c2ncnc3nc(C)cc(C)c23)C1. The molecule has 0 amide bonds. The van der Waals surface area contributed by atoms with Gasteiger partial charge in [-0.15, -0.1) is 0 Å². The molecule has 0 N–H and O–H groups in total. The Bertz CT molecular complexity index is 658. The Labute approximate surface area is 131 Å². The first kappa shape index (κ1) is 15.2. The number of aryl methyl sites for hydroxylation is 2. The van der Waals surface area contributed by atoms with Crippen molar-refractivity contribution in [1.29, 1.82) is 0 Å². The van der Waals surface area contributed by atoms with Crippen molar-refractivity contribution in [2.24, 2.45) is 5.92 Å². The molecule has 5 heteroatoms. The monoisotopic (exact) mass is 300 g/mol. The zero-order valence-electron chi connectivity index (χ0n) is 13.7. The summed E-state index contributed by atoms with van der Waals surface area (Å²) in [4.78, 5) is 15.8. The van der Waals surface area contributed by atoms with Gasteiger partial charge in [0.1, 0.15) is 12.1 Å². The summed E-state index contributed by atoms with van der Waals surface area (Å²) >= 11 is 0. The average Bonchev–Trinajstić information content (AvgIpc) is 2.95. The third-order valence-electron chi connectivity index (χ3n) is 4.20. The van der Waals surface area contributed by atoms with E-state index in [4.69, 9.17) is 4.74 Å². The van der Waals surface area contributed by atoms with Gasteiger partial charge in [-0.1, -0.05) is 6.92 Å². The fourth-order valence-corrected chi connectivity index (χ4v) is 3.18. The van der Waals surface area contributed by atoms with E-state index in [9.17, 15) is 0 Å². The summed E-state index contributed by atoms with van der Waals surface area (Å²) in [6.45, 7) is 10.0. The van der Waals surface area contributed by atoms with Crippen molar-refractivity contribution in [1.82, 2.24) is 15.0 Å². The van der Waals surface area contributed by atoms with E-state index in [1.807, 2.05) is 6.92 Å². The van der Waals surface area contributed by atoms with Gasteiger partial charge in [0, 0.05) is 31.3 Å². The van der Waals surface area contributed by atoms with Crippen LogP contribution >= 0.6 is 0 Å². The van der Waals surface area contributed by atoms with Crippen molar-refractivity contribution in [3.8, 4) is 0 Å². The first-order chi connectivity index (χ1) is 10.7. The van der Waals surface area contributed by atoms with E-state index in [1.165, 1.54) is 5.56 Å². The third-order valence-corrected chi connectivity index (χ3v) is 4.20. The minimum absolute atomic E-state index is 0.593. The van der Waals surface area contributed by atoms with E-state index in [2.05, 4.69) is 39.8 Å². The highest BCUT2D eigenvalue weighted by molar-refractivity contribution is 5.90. The van der Waals surface area contributed by atoms with Crippen molar-refractivity contribution >= 4 is 16.9 Å². The molecule has 0 saturated carbocycles. The molecule has 0 unspecified atom stereocenters. The maximum Gasteiger partial charge on any atom is 0.165 e. The second-order valence-corrected chi connectivity index (χ2v) is 6.15. The van der Waals surface area contributed by atoms with E-state index in [-0.39, 0.29) is 0 Å². The molecule has 0 spiro atoms. The molecule has 0 aromatic carbocycles. The van der Waals surface area contributed by atoms with Crippen LogP contribution in [0.4, 0.5) is 5.82 Å². The molecule has 3 rings (SSSR count). The van der Waals surface area contributed by atoms with Crippen LogP contribution in [0.15, 0.2) is 12.4 Å². The third kappa shape index (κ3) is 3.04. The largest absolute Gasteiger partial charge is 0.381 e. The number of fused-ring (bicyclic) bond motifs is 1. The van der Waals surface area contributed by atoms with Crippen molar-refractivity contribution in [2.45, 2.75) is 33.6 Å². The molecule has 1 aliphatic rings. The maximum atomic E-state index is 5.71. The summed E-state index contributed by atoms with van der Waals surface area (Å²) in [6, 6.07) is 2.10. The number of nitrogens with zero attached hydrogens (tertiary/aromatic N) is 4. The van der Waals surface area contributed by atoms with E-state index >= 15 is 0 Å². The van der Waals surface area contributed by atoms with Gasteiger partial charge in [-0.25, -0.2) is 15.0 Å². The Morgan fingerprint density at radius 2 is 2.18 bits per heavy atom. The molecule has 2 aromatic heterocycles. The fourth-order valence-electron chi connectivity index (χ4n) is 3.18. The van der Waals surface area contributed by atoms with Crippen LogP contribution < -0.4 is 4.90 Å². The molecule has 0 bridgehead atoms. The summed E-state index contributed by atoms with van der Waals surface area (Å²) in [6.07, 6.45) is 3.87. The number of hydrogen-bond donors (Lipinski definition) is 0. The molecule has 3 heterocycles. The predicted molar refractivity (Wildman–Crippen MR) is 88.2 cm³/mol. The normalized spacial score (nSPS) is 18.3. The van der Waals surface area contributed by atoms with Gasteiger partial charge in [-0.3, -0.25) is 0 Å². The molecular formula is C17H24N4O. The minimum atomic E-state index is 0.593. The topological polar surface area (TPSA) is 51.1 Å². The highest BCUT2D eigenvalue weighted by Crippen LogP contribution is 2.29. The standard InChI is InChI=1S/C17H24N4O/c1-4-7-22-10-14-5-6-21(9-14)17-15-12(2)8-13(3)20-16(15)18-11-19-17/h8,11,14H,4-7,9-10H2,1-3H3/t14-/m0/s1. The molecule has 22 heavy (non-hydrogen) atoms. The van der Waals surface area contributed by atoms with Crippen LogP contribution in [0, 0.1) is 19.8 Å². The van der Waals surface area contributed by atoms with Gasteiger partial charge in [-0.05, 0) is 38.3 Å². The Morgan fingerprint density at radius 1 is 1.32 bits per heavy atom. The molecule has 2 aromatic rings. The van der Waals surface area contributed by atoms with Crippen molar-refractivity contribution in [2.75, 3.05) is 31.2 Å². The smallest absolute Gasteiger partial charge is 0.165 e. The highest BCUT2D eigenvalue weighted by Gasteiger charge is 2.25. The predicted octanol–water partition coefficient (Wildman–Crippen LogP) is 2.89. The molecule has 5 nitrogen and oxygen atoms in total. The van der Waals surface area contributed by atoms with Crippen LogP contribution in [0.5, 0.6) is 0 Å². The number of aromatic nitrogens is 3. The highest BCUT2D eigenvalue weighted by atomic mass is 16.5. The number of ether oxygens (including phenoxy) is 1. The van der Waals surface area contributed by atoms with Gasteiger partial charge in [0.15, 0.2) is 5.65 Å². The van der Waals surface area contributed by atoms with E-state index < -0.39 is 0 Å². The quantitative estimate of drug-likeness (QED) is 0.795. The van der Waals surface area contributed by atoms with Crippen LogP contribution in [0.2, 0.25) is 0 Å². The lowest BCUT2D eigenvalue weighted by Crippen LogP contribution is -2.23. The van der Waals surface area contributed by atoms with Crippen molar-refractivity contribution in [3.05, 3.63) is 23.7 Å². The Hall–Kier alpha value is -1.75. The zero-order chi connectivity index (χ0) is 15.5. The Balaban J connectivity index is 1.82. The molecular weight excluding hydrogens is 276 g/mol. The van der Waals surface area contributed by atoms with Gasteiger partial charge in [-0.2, -0.15) is 0 Å². The number of rotatable bonds is 5. The lowest BCUT2D eigenvalue weighted by atomic mass is 10.1.